The number of rotatable bonds is 5. The zero-order valence-corrected chi connectivity index (χ0v) is 11.6. The molecule has 0 unspecified atom stereocenters. The number of hydrazone groups is 1. The molecule has 0 fully saturated rings. The number of carbonyl (C=O) groups excluding carboxylic acids is 1. The number of ether oxygens (including phenoxy) is 1. The summed E-state index contributed by atoms with van der Waals surface area (Å²) < 4.78 is 5.50. The summed E-state index contributed by atoms with van der Waals surface area (Å²) in [4.78, 5) is 15.9. The Hall–Kier alpha value is -2.43. The van der Waals surface area contributed by atoms with Crippen molar-refractivity contribution < 1.29 is 9.53 Å². The Morgan fingerprint density at radius 2 is 2.15 bits per heavy atom. The molecule has 0 saturated heterocycles. The molecule has 5 nitrogen and oxygen atoms in total. The molecule has 1 amide bonds. The lowest BCUT2D eigenvalue weighted by atomic mass is 10.2. The highest BCUT2D eigenvalue weighted by Gasteiger charge is 2.06. The lowest BCUT2D eigenvalue weighted by Gasteiger charge is -2.07. The molecule has 0 aliphatic carbocycles. The summed E-state index contributed by atoms with van der Waals surface area (Å²) in [5.41, 5.74) is 4.07. The molecule has 1 N–H and O–H groups in total. The minimum Gasteiger partial charge on any atom is -0.481 e. The van der Waals surface area contributed by atoms with E-state index in [1.807, 2.05) is 38.1 Å². The van der Waals surface area contributed by atoms with Crippen molar-refractivity contribution in [2.24, 2.45) is 5.10 Å². The Kier molecular flexibility index (Phi) is 4.65. The summed E-state index contributed by atoms with van der Waals surface area (Å²) in [6.07, 6.45) is 2.50. The van der Waals surface area contributed by atoms with Crippen LogP contribution in [0.25, 0.3) is 10.9 Å². The Morgan fingerprint density at radius 3 is 2.95 bits per heavy atom. The van der Waals surface area contributed by atoms with Crippen molar-refractivity contribution in [1.82, 2.24) is 10.4 Å². The molecule has 5 heteroatoms. The summed E-state index contributed by atoms with van der Waals surface area (Å²) >= 11 is 0. The summed E-state index contributed by atoms with van der Waals surface area (Å²) in [5, 5.41) is 4.92. The highest BCUT2D eigenvalue weighted by molar-refractivity contribution is 5.86. The summed E-state index contributed by atoms with van der Waals surface area (Å²) in [7, 11) is 0. The number of para-hydroxylation sites is 1. The number of amides is 1. The second-order valence-corrected chi connectivity index (χ2v) is 4.36. The van der Waals surface area contributed by atoms with Crippen LogP contribution in [0.5, 0.6) is 5.75 Å². The van der Waals surface area contributed by atoms with E-state index in [1.54, 1.807) is 12.3 Å². The summed E-state index contributed by atoms with van der Waals surface area (Å²) in [6, 6.07) is 9.43. The zero-order valence-electron chi connectivity index (χ0n) is 11.6. The second-order valence-electron chi connectivity index (χ2n) is 4.36. The predicted molar refractivity (Wildman–Crippen MR) is 78.8 cm³/mol. The molecule has 0 spiro atoms. The number of hydrogen-bond acceptors (Lipinski definition) is 4. The highest BCUT2D eigenvalue weighted by Crippen LogP contribution is 2.22. The average Bonchev–Trinajstić information content (AvgIpc) is 2.50. The molecule has 0 aliphatic rings. The summed E-state index contributed by atoms with van der Waals surface area (Å²) in [5.74, 6) is 0.306. The molecule has 0 saturated carbocycles. The molecule has 0 bridgehead atoms. The van der Waals surface area contributed by atoms with E-state index < -0.39 is 0 Å². The molecular weight excluding hydrogens is 254 g/mol. The van der Waals surface area contributed by atoms with Crippen LogP contribution in [-0.2, 0) is 4.79 Å². The number of nitrogens with zero attached hydrogens (tertiary/aromatic N) is 2. The minimum absolute atomic E-state index is 0.0871. The van der Waals surface area contributed by atoms with Crippen molar-refractivity contribution in [2.75, 3.05) is 6.61 Å². The van der Waals surface area contributed by atoms with Crippen LogP contribution >= 0.6 is 0 Å². The first-order valence-corrected chi connectivity index (χ1v) is 6.49. The maximum atomic E-state index is 11.6. The molecule has 104 valence electrons. The van der Waals surface area contributed by atoms with Gasteiger partial charge in [0.1, 0.15) is 11.3 Å². The first kappa shape index (κ1) is 14.0. The van der Waals surface area contributed by atoms with E-state index in [0.29, 0.717) is 5.75 Å². The van der Waals surface area contributed by atoms with Crippen LogP contribution in [0.2, 0.25) is 0 Å². The van der Waals surface area contributed by atoms with Crippen LogP contribution < -0.4 is 10.2 Å². The molecule has 1 aromatic heterocycles. The van der Waals surface area contributed by atoms with Crippen LogP contribution in [-0.4, -0.2) is 23.2 Å². The van der Waals surface area contributed by atoms with E-state index in [0.717, 1.165) is 23.0 Å². The number of carbonyl (C=O) groups is 1. The van der Waals surface area contributed by atoms with Crippen LogP contribution in [0, 0.1) is 0 Å². The maximum absolute atomic E-state index is 11.6. The Labute approximate surface area is 117 Å². The normalized spacial score (nSPS) is 11.4. The van der Waals surface area contributed by atoms with E-state index in [1.165, 1.54) is 0 Å². The fourth-order valence-electron chi connectivity index (χ4n) is 1.61. The Morgan fingerprint density at radius 1 is 1.35 bits per heavy atom. The lowest BCUT2D eigenvalue weighted by Crippen LogP contribution is -2.25. The third kappa shape index (κ3) is 3.54. The van der Waals surface area contributed by atoms with Crippen LogP contribution in [0.4, 0.5) is 0 Å². The van der Waals surface area contributed by atoms with Crippen LogP contribution in [0.15, 0.2) is 41.6 Å². The first-order chi connectivity index (χ1) is 9.70. The molecule has 1 aromatic carbocycles. The van der Waals surface area contributed by atoms with Gasteiger partial charge in [-0.3, -0.25) is 9.78 Å². The van der Waals surface area contributed by atoms with Gasteiger partial charge in [0, 0.05) is 17.3 Å². The smallest absolute Gasteiger partial charge is 0.277 e. The predicted octanol–water partition coefficient (Wildman–Crippen LogP) is 2.52. The number of nitrogens with one attached hydrogen (secondary N) is 1. The van der Waals surface area contributed by atoms with Gasteiger partial charge in [-0.2, -0.15) is 5.10 Å². The van der Waals surface area contributed by atoms with Gasteiger partial charge in [0.15, 0.2) is 6.61 Å². The minimum atomic E-state index is -0.286. The van der Waals surface area contributed by atoms with E-state index in [4.69, 9.17) is 4.74 Å². The SMILES string of the molecule is CCC(C)=NNC(=O)COc1cccc2cccnc12. The lowest BCUT2D eigenvalue weighted by molar-refractivity contribution is -0.123. The van der Waals surface area contributed by atoms with Gasteiger partial charge in [-0.1, -0.05) is 25.1 Å². The quantitative estimate of drug-likeness (QED) is 0.671. The molecule has 0 atom stereocenters. The molecule has 1 heterocycles. The van der Waals surface area contributed by atoms with E-state index >= 15 is 0 Å². The molecule has 0 aliphatic heterocycles. The molecule has 2 rings (SSSR count). The van der Waals surface area contributed by atoms with Gasteiger partial charge >= 0.3 is 0 Å². The number of hydrogen-bond donors (Lipinski definition) is 1. The van der Waals surface area contributed by atoms with Crippen molar-refractivity contribution in [3.63, 3.8) is 0 Å². The largest absolute Gasteiger partial charge is 0.481 e. The van der Waals surface area contributed by atoms with Gasteiger partial charge in [0.2, 0.25) is 0 Å². The molecule has 2 aromatic rings. The third-order valence-electron chi connectivity index (χ3n) is 2.84. The van der Waals surface area contributed by atoms with Gasteiger partial charge in [-0.25, -0.2) is 5.43 Å². The van der Waals surface area contributed by atoms with Crippen molar-refractivity contribution in [3.05, 3.63) is 36.5 Å². The van der Waals surface area contributed by atoms with Crippen molar-refractivity contribution >= 4 is 22.5 Å². The number of benzene rings is 1. The molecule has 0 radical (unpaired) electrons. The topological polar surface area (TPSA) is 63.6 Å². The summed E-state index contributed by atoms with van der Waals surface area (Å²) in [6.45, 7) is 3.75. The fourth-order valence-corrected chi connectivity index (χ4v) is 1.61. The van der Waals surface area contributed by atoms with Gasteiger partial charge in [0.05, 0.1) is 0 Å². The van der Waals surface area contributed by atoms with Crippen LogP contribution in [0.3, 0.4) is 0 Å². The van der Waals surface area contributed by atoms with Gasteiger partial charge in [-0.05, 0) is 25.5 Å². The first-order valence-electron chi connectivity index (χ1n) is 6.49. The van der Waals surface area contributed by atoms with Gasteiger partial charge < -0.3 is 4.74 Å². The average molecular weight is 271 g/mol. The Balaban J connectivity index is 2.01. The number of fused-ring (bicyclic) bond motifs is 1. The van der Waals surface area contributed by atoms with Crippen LogP contribution in [0.1, 0.15) is 20.3 Å². The van der Waals surface area contributed by atoms with Gasteiger partial charge in [0.25, 0.3) is 5.91 Å². The third-order valence-corrected chi connectivity index (χ3v) is 2.84. The number of aromatic nitrogens is 1. The Bertz CT molecular complexity index is 633. The highest BCUT2D eigenvalue weighted by atomic mass is 16.5. The maximum Gasteiger partial charge on any atom is 0.277 e. The van der Waals surface area contributed by atoms with Crippen molar-refractivity contribution in [2.45, 2.75) is 20.3 Å². The zero-order chi connectivity index (χ0) is 14.4. The van der Waals surface area contributed by atoms with E-state index in [9.17, 15) is 4.79 Å². The van der Waals surface area contributed by atoms with Crippen molar-refractivity contribution in [1.29, 1.82) is 0 Å². The number of pyridine rings is 1. The molecule has 20 heavy (non-hydrogen) atoms. The van der Waals surface area contributed by atoms with Gasteiger partial charge in [-0.15, -0.1) is 0 Å². The second kappa shape index (κ2) is 6.65. The van der Waals surface area contributed by atoms with Crippen molar-refractivity contribution in [3.8, 4) is 5.75 Å². The van der Waals surface area contributed by atoms with E-state index in [-0.39, 0.29) is 12.5 Å². The molecular formula is C15H17N3O2. The standard InChI is InChI=1S/C15H17N3O2/c1-3-11(2)17-18-14(19)10-20-13-8-4-6-12-7-5-9-16-15(12)13/h4-9H,3,10H2,1-2H3,(H,18,19). The van der Waals surface area contributed by atoms with E-state index in [2.05, 4.69) is 15.5 Å². The monoisotopic (exact) mass is 271 g/mol. The fraction of sp³-hybridized carbons (Fsp3) is 0.267.